The lowest BCUT2D eigenvalue weighted by Gasteiger charge is -2.37. The molecule has 1 aromatic rings. The van der Waals surface area contributed by atoms with Crippen molar-refractivity contribution in [3.63, 3.8) is 0 Å². The van der Waals surface area contributed by atoms with Crippen molar-refractivity contribution in [2.24, 2.45) is 0 Å². The molecule has 1 aliphatic heterocycles. The van der Waals surface area contributed by atoms with Gasteiger partial charge in [0.1, 0.15) is 0 Å². The fourth-order valence-electron chi connectivity index (χ4n) is 2.31. The third kappa shape index (κ3) is 2.77. The Morgan fingerprint density at radius 1 is 1.67 bits per heavy atom. The molecule has 1 unspecified atom stereocenters. The minimum Gasteiger partial charge on any atom is -0.388 e. The topological polar surface area (TPSA) is 36.4 Å². The number of aliphatic hydroxyl groups is 1. The standard InChI is InChI=1S/C11H18N2OS/c1-9-12-10(7-15-9)6-11(14)4-3-5-13(2)8-11/h7,14H,3-6,8H2,1-2H3. The van der Waals surface area contributed by atoms with Gasteiger partial charge in [-0.05, 0) is 33.4 Å². The Balaban J connectivity index is 2.03. The van der Waals surface area contributed by atoms with E-state index in [4.69, 9.17) is 0 Å². The van der Waals surface area contributed by atoms with E-state index >= 15 is 0 Å². The Morgan fingerprint density at radius 2 is 2.47 bits per heavy atom. The maximum Gasteiger partial charge on any atom is 0.0897 e. The zero-order chi connectivity index (χ0) is 10.9. The highest BCUT2D eigenvalue weighted by Crippen LogP contribution is 2.25. The lowest BCUT2D eigenvalue weighted by Crippen LogP contribution is -2.47. The van der Waals surface area contributed by atoms with Gasteiger partial charge in [-0.15, -0.1) is 11.3 Å². The minimum atomic E-state index is -0.562. The van der Waals surface area contributed by atoms with Crippen molar-refractivity contribution in [1.29, 1.82) is 0 Å². The van der Waals surface area contributed by atoms with Gasteiger partial charge in [0.15, 0.2) is 0 Å². The van der Waals surface area contributed by atoms with Crippen LogP contribution in [0.15, 0.2) is 5.38 Å². The Bertz CT molecular complexity index is 339. The fourth-order valence-corrected chi connectivity index (χ4v) is 2.92. The van der Waals surface area contributed by atoms with Gasteiger partial charge in [-0.2, -0.15) is 0 Å². The molecule has 0 aliphatic carbocycles. The molecule has 15 heavy (non-hydrogen) atoms. The molecule has 0 saturated carbocycles. The molecule has 1 fully saturated rings. The third-order valence-corrected chi connectivity index (χ3v) is 3.75. The molecule has 0 bridgehead atoms. The molecule has 1 saturated heterocycles. The van der Waals surface area contributed by atoms with E-state index < -0.39 is 5.60 Å². The number of thiazole rings is 1. The fraction of sp³-hybridized carbons (Fsp3) is 0.727. The Labute approximate surface area is 94.8 Å². The average Bonchev–Trinajstić information content (AvgIpc) is 2.49. The molecule has 0 aromatic carbocycles. The van der Waals surface area contributed by atoms with Crippen LogP contribution < -0.4 is 0 Å². The molecule has 0 amide bonds. The molecule has 84 valence electrons. The molecule has 3 nitrogen and oxygen atoms in total. The van der Waals surface area contributed by atoms with Crippen molar-refractivity contribution in [2.75, 3.05) is 20.1 Å². The van der Waals surface area contributed by atoms with Crippen LogP contribution in [0.2, 0.25) is 0 Å². The van der Waals surface area contributed by atoms with E-state index in [-0.39, 0.29) is 0 Å². The van der Waals surface area contributed by atoms with Gasteiger partial charge < -0.3 is 10.0 Å². The highest BCUT2D eigenvalue weighted by atomic mass is 32.1. The number of β-amino-alcohol motifs (C(OH)–C–C–N with tert-alkyl or cyclic N) is 1. The molecule has 1 N–H and O–H groups in total. The summed E-state index contributed by atoms with van der Waals surface area (Å²) in [5.41, 5.74) is 0.475. The zero-order valence-electron chi connectivity index (χ0n) is 9.36. The van der Waals surface area contributed by atoms with E-state index in [0.29, 0.717) is 6.42 Å². The second kappa shape index (κ2) is 4.20. The van der Waals surface area contributed by atoms with E-state index in [1.165, 1.54) is 0 Å². The molecule has 2 heterocycles. The third-order valence-electron chi connectivity index (χ3n) is 2.92. The first-order chi connectivity index (χ1) is 7.07. The average molecular weight is 226 g/mol. The number of hydrogen-bond acceptors (Lipinski definition) is 4. The zero-order valence-corrected chi connectivity index (χ0v) is 10.2. The quantitative estimate of drug-likeness (QED) is 0.829. The molecule has 1 aromatic heterocycles. The molecule has 1 atom stereocenters. The van der Waals surface area contributed by atoms with Gasteiger partial charge in [0.05, 0.1) is 16.3 Å². The van der Waals surface area contributed by atoms with Crippen LogP contribution >= 0.6 is 11.3 Å². The summed E-state index contributed by atoms with van der Waals surface area (Å²) in [5, 5.41) is 13.6. The summed E-state index contributed by atoms with van der Waals surface area (Å²) in [7, 11) is 2.07. The van der Waals surface area contributed by atoms with Crippen LogP contribution in [0.1, 0.15) is 23.5 Å². The van der Waals surface area contributed by atoms with E-state index in [2.05, 4.69) is 22.3 Å². The first-order valence-corrected chi connectivity index (χ1v) is 6.27. The van der Waals surface area contributed by atoms with Crippen molar-refractivity contribution in [2.45, 2.75) is 31.8 Å². The van der Waals surface area contributed by atoms with Crippen molar-refractivity contribution in [3.8, 4) is 0 Å². The van der Waals surface area contributed by atoms with Crippen molar-refractivity contribution >= 4 is 11.3 Å². The number of aryl methyl sites for hydroxylation is 1. The predicted molar refractivity (Wildman–Crippen MR) is 62.2 cm³/mol. The summed E-state index contributed by atoms with van der Waals surface area (Å²) in [4.78, 5) is 6.61. The first kappa shape index (κ1) is 11.0. The van der Waals surface area contributed by atoms with Gasteiger partial charge in [0.25, 0.3) is 0 Å². The van der Waals surface area contributed by atoms with Crippen molar-refractivity contribution in [3.05, 3.63) is 16.1 Å². The highest BCUT2D eigenvalue weighted by molar-refractivity contribution is 7.09. The maximum absolute atomic E-state index is 10.4. The van der Waals surface area contributed by atoms with Crippen molar-refractivity contribution < 1.29 is 5.11 Å². The summed E-state index contributed by atoms with van der Waals surface area (Å²) in [6.45, 7) is 3.87. The number of aromatic nitrogens is 1. The molecular formula is C11H18N2OS. The minimum absolute atomic E-state index is 0.562. The Hall–Kier alpha value is -0.450. The van der Waals surface area contributed by atoms with Gasteiger partial charge in [0, 0.05) is 18.3 Å². The molecule has 4 heteroatoms. The summed E-state index contributed by atoms with van der Waals surface area (Å²) in [6, 6.07) is 0. The Morgan fingerprint density at radius 3 is 3.07 bits per heavy atom. The number of hydrogen-bond donors (Lipinski definition) is 1. The smallest absolute Gasteiger partial charge is 0.0897 e. The molecule has 0 radical (unpaired) electrons. The number of rotatable bonds is 2. The van der Waals surface area contributed by atoms with Crippen LogP contribution in [-0.2, 0) is 6.42 Å². The first-order valence-electron chi connectivity index (χ1n) is 5.39. The normalized spacial score (nSPS) is 28.2. The maximum atomic E-state index is 10.4. The lowest BCUT2D eigenvalue weighted by molar-refractivity contribution is -0.0229. The number of piperidine rings is 1. The van der Waals surface area contributed by atoms with E-state index in [1.807, 2.05) is 6.92 Å². The summed E-state index contributed by atoms with van der Waals surface area (Å²) >= 11 is 1.66. The van der Waals surface area contributed by atoms with Crippen LogP contribution in [0.25, 0.3) is 0 Å². The van der Waals surface area contributed by atoms with Gasteiger partial charge >= 0.3 is 0 Å². The van der Waals surface area contributed by atoms with E-state index in [1.54, 1.807) is 11.3 Å². The second-order valence-corrected chi connectivity index (χ2v) is 5.66. The van der Waals surface area contributed by atoms with Gasteiger partial charge in [-0.3, -0.25) is 0 Å². The number of nitrogens with zero attached hydrogens (tertiary/aromatic N) is 2. The largest absolute Gasteiger partial charge is 0.388 e. The van der Waals surface area contributed by atoms with Gasteiger partial charge in [-0.1, -0.05) is 0 Å². The van der Waals surface area contributed by atoms with Crippen molar-refractivity contribution in [1.82, 2.24) is 9.88 Å². The van der Waals surface area contributed by atoms with Crippen LogP contribution in [0.4, 0.5) is 0 Å². The van der Waals surface area contributed by atoms with Crippen LogP contribution in [0.5, 0.6) is 0 Å². The lowest BCUT2D eigenvalue weighted by atomic mass is 9.89. The second-order valence-electron chi connectivity index (χ2n) is 4.60. The summed E-state index contributed by atoms with van der Waals surface area (Å²) in [6.07, 6.45) is 2.67. The van der Waals surface area contributed by atoms with Gasteiger partial charge in [0.2, 0.25) is 0 Å². The molecule has 0 spiro atoms. The summed E-state index contributed by atoms with van der Waals surface area (Å²) in [5.74, 6) is 0. The number of likely N-dealkylation sites (N-methyl/N-ethyl adjacent to an activating group) is 1. The molecular weight excluding hydrogens is 208 g/mol. The summed E-state index contributed by atoms with van der Waals surface area (Å²) < 4.78 is 0. The number of likely N-dealkylation sites (tertiary alicyclic amines) is 1. The van der Waals surface area contributed by atoms with E-state index in [0.717, 1.165) is 36.6 Å². The monoisotopic (exact) mass is 226 g/mol. The van der Waals surface area contributed by atoms with Crippen LogP contribution in [0.3, 0.4) is 0 Å². The van der Waals surface area contributed by atoms with Gasteiger partial charge in [-0.25, -0.2) is 4.98 Å². The van der Waals surface area contributed by atoms with E-state index in [9.17, 15) is 5.11 Å². The SMILES string of the molecule is Cc1nc(CC2(O)CCCN(C)C2)cs1. The van der Waals surface area contributed by atoms with Crippen LogP contribution in [-0.4, -0.2) is 40.7 Å². The molecule has 1 aliphatic rings. The predicted octanol–water partition coefficient (Wildman–Crippen LogP) is 1.45. The van der Waals surface area contributed by atoms with Crippen LogP contribution in [0, 0.1) is 6.92 Å². The molecule has 2 rings (SSSR count). The highest BCUT2D eigenvalue weighted by Gasteiger charge is 2.32. The Kier molecular flexibility index (Phi) is 3.09.